The summed E-state index contributed by atoms with van der Waals surface area (Å²) < 4.78 is 5.44. The molecule has 1 aromatic rings. The third-order valence-corrected chi connectivity index (χ3v) is 2.61. The van der Waals surface area contributed by atoms with Crippen LogP contribution in [0.4, 0.5) is 0 Å². The molecular formula is C10H13N3OS. The Hall–Kier alpha value is -1.41. The molecule has 0 N–H and O–H groups in total. The first kappa shape index (κ1) is 11.7. The average molecular weight is 223 g/mol. The first-order chi connectivity index (χ1) is 7.17. The van der Waals surface area contributed by atoms with Gasteiger partial charge in [0, 0.05) is 7.05 Å². The van der Waals surface area contributed by atoms with Gasteiger partial charge in [-0.05, 0) is 25.3 Å². The monoisotopic (exact) mass is 223 g/mol. The zero-order valence-corrected chi connectivity index (χ0v) is 9.84. The summed E-state index contributed by atoms with van der Waals surface area (Å²) in [5.41, 5.74) is 0. The largest absolute Gasteiger partial charge is 0.464 e. The number of hydrogen-bond acceptors (Lipinski definition) is 4. The maximum atomic E-state index is 8.49. The van der Waals surface area contributed by atoms with Crippen LogP contribution < -0.4 is 0 Å². The number of thioether (sulfide) groups is 1. The number of amidine groups is 1. The van der Waals surface area contributed by atoms with E-state index in [4.69, 9.17) is 9.68 Å². The van der Waals surface area contributed by atoms with E-state index in [9.17, 15) is 0 Å². The molecule has 0 fully saturated rings. The molecular weight excluding hydrogens is 210 g/mol. The van der Waals surface area contributed by atoms with Gasteiger partial charge in [0.2, 0.25) is 6.19 Å². The molecule has 5 heteroatoms. The van der Waals surface area contributed by atoms with Crippen LogP contribution in [0.3, 0.4) is 0 Å². The highest BCUT2D eigenvalue weighted by atomic mass is 32.2. The minimum atomic E-state index is 0.620. The van der Waals surface area contributed by atoms with Crippen molar-refractivity contribution in [3.8, 4) is 6.19 Å². The first-order valence-corrected chi connectivity index (χ1v) is 5.67. The van der Waals surface area contributed by atoms with E-state index in [2.05, 4.69) is 4.99 Å². The highest BCUT2D eigenvalue weighted by Crippen LogP contribution is 2.11. The predicted molar refractivity (Wildman–Crippen MR) is 61.5 cm³/mol. The fourth-order valence-electron chi connectivity index (χ4n) is 1.20. The van der Waals surface area contributed by atoms with Crippen LogP contribution in [0.1, 0.15) is 11.5 Å². The quantitative estimate of drug-likeness (QED) is 0.438. The molecule has 0 saturated heterocycles. The van der Waals surface area contributed by atoms with Crippen molar-refractivity contribution < 1.29 is 4.42 Å². The Balaban J connectivity index is 2.66. The van der Waals surface area contributed by atoms with Gasteiger partial charge in [-0.25, -0.2) is 0 Å². The smallest absolute Gasteiger partial charge is 0.208 e. The van der Waals surface area contributed by atoms with E-state index in [1.54, 1.807) is 6.19 Å². The van der Waals surface area contributed by atoms with Crippen LogP contribution in [0.15, 0.2) is 21.5 Å². The van der Waals surface area contributed by atoms with Crippen molar-refractivity contribution in [1.82, 2.24) is 4.90 Å². The van der Waals surface area contributed by atoms with Crippen molar-refractivity contribution in [3.63, 3.8) is 0 Å². The Morgan fingerprint density at radius 3 is 2.87 bits per heavy atom. The number of nitriles is 1. The molecule has 0 unspecified atom stereocenters. The highest BCUT2D eigenvalue weighted by Gasteiger charge is 2.08. The molecule has 0 atom stereocenters. The van der Waals surface area contributed by atoms with Crippen molar-refractivity contribution in [2.45, 2.75) is 13.5 Å². The van der Waals surface area contributed by atoms with E-state index >= 15 is 0 Å². The average Bonchev–Trinajstić information content (AvgIpc) is 2.60. The van der Waals surface area contributed by atoms with Crippen molar-refractivity contribution in [1.29, 1.82) is 5.26 Å². The third kappa shape index (κ3) is 3.33. The zero-order chi connectivity index (χ0) is 11.3. The molecule has 4 nitrogen and oxygen atoms in total. The van der Waals surface area contributed by atoms with E-state index in [1.807, 2.05) is 37.3 Å². The van der Waals surface area contributed by atoms with Gasteiger partial charge in [0.15, 0.2) is 5.17 Å². The molecule has 1 rings (SSSR count). The van der Waals surface area contributed by atoms with E-state index < -0.39 is 0 Å². The fraction of sp³-hybridized carbons (Fsp3) is 0.400. The normalized spacial score (nSPS) is 11.2. The van der Waals surface area contributed by atoms with Crippen molar-refractivity contribution in [2.24, 2.45) is 4.99 Å². The van der Waals surface area contributed by atoms with Crippen LogP contribution in [0.2, 0.25) is 0 Å². The molecule has 0 spiro atoms. The number of hydrogen-bond donors (Lipinski definition) is 0. The van der Waals surface area contributed by atoms with Gasteiger partial charge in [0.05, 0.1) is 6.54 Å². The van der Waals surface area contributed by atoms with Gasteiger partial charge in [-0.1, -0.05) is 11.8 Å². The van der Waals surface area contributed by atoms with Crippen LogP contribution in [0.5, 0.6) is 0 Å². The van der Waals surface area contributed by atoms with E-state index in [0.717, 1.165) is 11.5 Å². The van der Waals surface area contributed by atoms with Crippen LogP contribution in [-0.4, -0.2) is 23.4 Å². The summed E-state index contributed by atoms with van der Waals surface area (Å²) in [5.74, 6) is 1.76. The van der Waals surface area contributed by atoms with Gasteiger partial charge >= 0.3 is 0 Å². The lowest BCUT2D eigenvalue weighted by molar-refractivity contribution is 0.404. The number of nitrogens with zero attached hydrogens (tertiary/aromatic N) is 3. The van der Waals surface area contributed by atoms with Gasteiger partial charge in [-0.3, -0.25) is 0 Å². The molecule has 0 aliphatic rings. The lowest BCUT2D eigenvalue weighted by Crippen LogP contribution is -2.22. The van der Waals surface area contributed by atoms with Crippen molar-refractivity contribution in [3.05, 3.63) is 23.7 Å². The Labute approximate surface area is 93.6 Å². The molecule has 0 aliphatic carbocycles. The molecule has 0 radical (unpaired) electrons. The lowest BCUT2D eigenvalue weighted by Gasteiger charge is -2.16. The van der Waals surface area contributed by atoms with Gasteiger partial charge in [-0.2, -0.15) is 5.26 Å². The second-order valence-corrected chi connectivity index (χ2v) is 3.84. The van der Waals surface area contributed by atoms with Gasteiger partial charge in [0.25, 0.3) is 0 Å². The van der Waals surface area contributed by atoms with Crippen LogP contribution >= 0.6 is 11.8 Å². The Kier molecular flexibility index (Phi) is 4.25. The first-order valence-electron chi connectivity index (χ1n) is 4.44. The lowest BCUT2D eigenvalue weighted by atomic mass is 10.4. The van der Waals surface area contributed by atoms with Crippen LogP contribution in [0.25, 0.3) is 0 Å². The summed E-state index contributed by atoms with van der Waals surface area (Å²) in [5, 5.41) is 9.17. The molecule has 1 heterocycles. The van der Waals surface area contributed by atoms with E-state index in [1.165, 1.54) is 11.8 Å². The maximum absolute atomic E-state index is 8.49. The topological polar surface area (TPSA) is 52.5 Å². The number of rotatable bonds is 2. The van der Waals surface area contributed by atoms with Crippen LogP contribution in [0, 0.1) is 18.4 Å². The number of aryl methyl sites for hydroxylation is 1. The van der Waals surface area contributed by atoms with Gasteiger partial charge in [-0.15, -0.1) is 4.99 Å². The second-order valence-electron chi connectivity index (χ2n) is 3.07. The van der Waals surface area contributed by atoms with Crippen molar-refractivity contribution in [2.75, 3.05) is 13.3 Å². The molecule has 0 bridgehead atoms. The zero-order valence-electron chi connectivity index (χ0n) is 9.02. The highest BCUT2D eigenvalue weighted by molar-refractivity contribution is 8.13. The Morgan fingerprint density at radius 2 is 2.40 bits per heavy atom. The molecule has 80 valence electrons. The molecule has 0 saturated carbocycles. The Bertz CT molecular complexity index is 392. The predicted octanol–water partition coefficient (Wildman–Crippen LogP) is 2.22. The summed E-state index contributed by atoms with van der Waals surface area (Å²) in [6.07, 6.45) is 3.67. The van der Waals surface area contributed by atoms with Gasteiger partial charge in [0.1, 0.15) is 11.5 Å². The summed E-state index contributed by atoms with van der Waals surface area (Å²) in [6, 6.07) is 3.85. The van der Waals surface area contributed by atoms with E-state index in [0.29, 0.717) is 11.7 Å². The second kappa shape index (κ2) is 5.47. The summed E-state index contributed by atoms with van der Waals surface area (Å²) in [7, 11) is 1.88. The summed E-state index contributed by atoms with van der Waals surface area (Å²) in [4.78, 5) is 5.60. The molecule has 0 aliphatic heterocycles. The van der Waals surface area contributed by atoms with Crippen LogP contribution in [-0.2, 0) is 6.54 Å². The van der Waals surface area contributed by atoms with Gasteiger partial charge < -0.3 is 9.32 Å². The SMILES string of the molecule is CSC(=NC#N)N(C)Cc1ccc(C)o1. The summed E-state index contributed by atoms with van der Waals surface area (Å²) >= 11 is 1.44. The molecule has 0 amide bonds. The minimum Gasteiger partial charge on any atom is -0.464 e. The third-order valence-electron chi connectivity index (χ3n) is 1.84. The summed E-state index contributed by atoms with van der Waals surface area (Å²) in [6.45, 7) is 2.53. The minimum absolute atomic E-state index is 0.620. The fourth-order valence-corrected chi connectivity index (χ4v) is 1.71. The number of furan rings is 1. The Morgan fingerprint density at radius 1 is 1.67 bits per heavy atom. The molecule has 1 aromatic heterocycles. The van der Waals surface area contributed by atoms with E-state index in [-0.39, 0.29) is 0 Å². The molecule has 15 heavy (non-hydrogen) atoms. The number of aliphatic imine (C=N–C) groups is 1. The maximum Gasteiger partial charge on any atom is 0.208 e. The standard InChI is InChI=1S/C10H13N3OS/c1-8-4-5-9(14-8)6-13(2)10(15-3)12-7-11/h4-5H,6H2,1-3H3. The molecule has 0 aromatic carbocycles. The van der Waals surface area contributed by atoms with Crippen molar-refractivity contribution >= 4 is 16.9 Å².